The number of nitrogens with one attached hydrogen (secondary N) is 2. The van der Waals surface area contributed by atoms with E-state index in [4.69, 9.17) is 17.0 Å². The van der Waals surface area contributed by atoms with Crippen LogP contribution in [0.4, 0.5) is 5.13 Å². The monoisotopic (exact) mass is 435 g/mol. The second-order valence-electron chi connectivity index (χ2n) is 6.39. The number of rotatable bonds is 4. The second kappa shape index (κ2) is 8.56. The quantitative estimate of drug-likeness (QED) is 0.356. The van der Waals surface area contributed by atoms with Crippen LogP contribution in [0, 0.1) is 0 Å². The van der Waals surface area contributed by atoms with Crippen molar-refractivity contribution in [1.82, 2.24) is 10.3 Å². The standard InChI is InChI=1S/C22H17N3O3S2/c1-2-28-20(27)16-9-10-17-18(12-16)30-22(23-17)25-21(29)24-19(26)15-8-7-13-5-3-4-6-14(13)11-15/h3-12H,2H2,1H3,(H2,23,24,25,26,29). The minimum atomic E-state index is -0.375. The summed E-state index contributed by atoms with van der Waals surface area (Å²) in [5.74, 6) is -0.676. The van der Waals surface area contributed by atoms with Crippen LogP contribution >= 0.6 is 23.6 Å². The van der Waals surface area contributed by atoms with Crippen molar-refractivity contribution in [2.45, 2.75) is 6.92 Å². The van der Waals surface area contributed by atoms with E-state index in [2.05, 4.69) is 15.6 Å². The van der Waals surface area contributed by atoms with E-state index in [1.54, 1.807) is 31.2 Å². The molecule has 0 unspecified atom stereocenters. The zero-order valence-corrected chi connectivity index (χ0v) is 17.6. The number of thiocarbonyl (C=S) groups is 1. The van der Waals surface area contributed by atoms with Crippen LogP contribution in [0.3, 0.4) is 0 Å². The lowest BCUT2D eigenvalue weighted by Crippen LogP contribution is -2.34. The first-order valence-corrected chi connectivity index (χ1v) is 10.4. The predicted molar refractivity (Wildman–Crippen MR) is 123 cm³/mol. The number of carbonyl (C=O) groups is 2. The fraction of sp³-hybridized carbons (Fsp3) is 0.0909. The lowest BCUT2D eigenvalue weighted by molar-refractivity contribution is 0.0526. The Hall–Kier alpha value is -3.36. The Balaban J connectivity index is 1.45. The van der Waals surface area contributed by atoms with Gasteiger partial charge in [-0.3, -0.25) is 10.1 Å². The van der Waals surface area contributed by atoms with Gasteiger partial charge in [0.25, 0.3) is 5.91 Å². The molecule has 6 nitrogen and oxygen atoms in total. The summed E-state index contributed by atoms with van der Waals surface area (Å²) in [5.41, 5.74) is 1.70. The van der Waals surface area contributed by atoms with Gasteiger partial charge >= 0.3 is 5.97 Å². The van der Waals surface area contributed by atoms with Crippen LogP contribution < -0.4 is 10.6 Å². The third kappa shape index (κ3) is 4.29. The predicted octanol–water partition coefficient (Wildman–Crippen LogP) is 4.75. The molecular formula is C22H17N3O3S2. The summed E-state index contributed by atoms with van der Waals surface area (Å²) in [4.78, 5) is 28.9. The highest BCUT2D eigenvalue weighted by molar-refractivity contribution is 7.80. The highest BCUT2D eigenvalue weighted by Crippen LogP contribution is 2.27. The molecule has 1 aromatic heterocycles. The summed E-state index contributed by atoms with van der Waals surface area (Å²) < 4.78 is 5.83. The first-order valence-electron chi connectivity index (χ1n) is 9.22. The Kier molecular flexibility index (Phi) is 5.69. The molecule has 0 aliphatic carbocycles. The lowest BCUT2D eigenvalue weighted by atomic mass is 10.1. The third-order valence-corrected chi connectivity index (χ3v) is 5.50. The van der Waals surface area contributed by atoms with Crippen LogP contribution in [0.25, 0.3) is 21.0 Å². The molecule has 0 spiro atoms. The summed E-state index contributed by atoms with van der Waals surface area (Å²) in [6.07, 6.45) is 0. The third-order valence-electron chi connectivity index (χ3n) is 4.36. The van der Waals surface area contributed by atoms with Crippen molar-refractivity contribution in [1.29, 1.82) is 0 Å². The Labute approximate surface area is 181 Å². The number of benzene rings is 3. The maximum Gasteiger partial charge on any atom is 0.338 e. The molecule has 0 saturated heterocycles. The van der Waals surface area contributed by atoms with Crippen LogP contribution in [0.1, 0.15) is 27.6 Å². The molecular weight excluding hydrogens is 418 g/mol. The Morgan fingerprint density at radius 1 is 1.03 bits per heavy atom. The molecule has 30 heavy (non-hydrogen) atoms. The van der Waals surface area contributed by atoms with Gasteiger partial charge in [0.05, 0.1) is 22.4 Å². The molecule has 0 aliphatic heterocycles. The van der Waals surface area contributed by atoms with Gasteiger partial charge in [0.15, 0.2) is 10.2 Å². The molecule has 8 heteroatoms. The summed E-state index contributed by atoms with van der Waals surface area (Å²) in [6.45, 7) is 2.08. The van der Waals surface area contributed by atoms with E-state index in [0.717, 1.165) is 21.0 Å². The van der Waals surface area contributed by atoms with Gasteiger partial charge in [-0.25, -0.2) is 9.78 Å². The fourth-order valence-electron chi connectivity index (χ4n) is 2.95. The van der Waals surface area contributed by atoms with E-state index in [0.29, 0.717) is 22.9 Å². The van der Waals surface area contributed by atoms with E-state index in [1.165, 1.54) is 11.3 Å². The van der Waals surface area contributed by atoms with Crippen molar-refractivity contribution in [3.05, 3.63) is 71.8 Å². The average molecular weight is 436 g/mol. The lowest BCUT2D eigenvalue weighted by Gasteiger charge is -2.08. The van der Waals surface area contributed by atoms with Crippen molar-refractivity contribution in [2.75, 3.05) is 11.9 Å². The minimum absolute atomic E-state index is 0.151. The molecule has 0 saturated carbocycles. The smallest absolute Gasteiger partial charge is 0.338 e. The number of carbonyl (C=O) groups excluding carboxylic acids is 2. The molecule has 1 heterocycles. The van der Waals surface area contributed by atoms with Crippen LogP contribution in [-0.4, -0.2) is 28.6 Å². The number of anilines is 1. The highest BCUT2D eigenvalue weighted by Gasteiger charge is 2.13. The first-order chi connectivity index (χ1) is 14.5. The molecule has 0 atom stereocenters. The normalized spacial score (nSPS) is 10.7. The number of hydrogen-bond acceptors (Lipinski definition) is 6. The zero-order chi connectivity index (χ0) is 21.1. The highest BCUT2D eigenvalue weighted by atomic mass is 32.1. The van der Waals surface area contributed by atoms with Crippen LogP contribution in [0.2, 0.25) is 0 Å². The van der Waals surface area contributed by atoms with Crippen molar-refractivity contribution in [2.24, 2.45) is 0 Å². The van der Waals surface area contributed by atoms with Crippen molar-refractivity contribution in [3.8, 4) is 0 Å². The Bertz CT molecular complexity index is 1280. The van der Waals surface area contributed by atoms with E-state index >= 15 is 0 Å². The SMILES string of the molecule is CCOC(=O)c1ccc2nc(NC(=S)NC(=O)c3ccc4ccccc4c3)sc2c1. The van der Waals surface area contributed by atoms with Gasteiger partial charge in [-0.05, 0) is 60.2 Å². The van der Waals surface area contributed by atoms with Gasteiger partial charge in [-0.15, -0.1) is 0 Å². The van der Waals surface area contributed by atoms with E-state index in [9.17, 15) is 9.59 Å². The number of esters is 1. The molecule has 0 fully saturated rings. The molecule has 1 amide bonds. The van der Waals surface area contributed by atoms with Crippen molar-refractivity contribution >= 4 is 66.7 Å². The molecule has 0 bridgehead atoms. The van der Waals surface area contributed by atoms with Crippen molar-refractivity contribution < 1.29 is 14.3 Å². The van der Waals surface area contributed by atoms with Gasteiger partial charge in [0, 0.05) is 5.56 Å². The van der Waals surface area contributed by atoms with Gasteiger partial charge < -0.3 is 10.1 Å². The number of amides is 1. The summed E-state index contributed by atoms with van der Waals surface area (Å²) in [7, 11) is 0. The molecule has 150 valence electrons. The number of hydrogen-bond donors (Lipinski definition) is 2. The molecule has 3 aromatic carbocycles. The topological polar surface area (TPSA) is 80.3 Å². The van der Waals surface area contributed by atoms with Crippen LogP contribution in [0.15, 0.2) is 60.7 Å². The van der Waals surface area contributed by atoms with Crippen LogP contribution in [0.5, 0.6) is 0 Å². The molecule has 4 rings (SSSR count). The number of aromatic nitrogens is 1. The second-order valence-corrected chi connectivity index (χ2v) is 7.83. The largest absolute Gasteiger partial charge is 0.462 e. The summed E-state index contributed by atoms with van der Waals surface area (Å²) in [5, 5.41) is 8.32. The number of ether oxygens (including phenoxy) is 1. The van der Waals surface area contributed by atoms with Gasteiger partial charge in [-0.2, -0.15) is 0 Å². The minimum Gasteiger partial charge on any atom is -0.462 e. The summed E-state index contributed by atoms with van der Waals surface area (Å²) >= 11 is 6.60. The molecule has 4 aromatic rings. The molecule has 2 N–H and O–H groups in total. The molecule has 0 radical (unpaired) electrons. The van der Waals surface area contributed by atoms with E-state index < -0.39 is 0 Å². The number of thiazole rings is 1. The number of fused-ring (bicyclic) bond motifs is 2. The summed E-state index contributed by atoms with van der Waals surface area (Å²) in [6, 6.07) is 18.5. The Morgan fingerprint density at radius 2 is 1.80 bits per heavy atom. The Morgan fingerprint density at radius 3 is 2.60 bits per heavy atom. The maximum atomic E-state index is 12.5. The van der Waals surface area contributed by atoms with E-state index in [1.807, 2.05) is 36.4 Å². The number of nitrogens with zero attached hydrogens (tertiary/aromatic N) is 1. The van der Waals surface area contributed by atoms with Crippen LogP contribution in [-0.2, 0) is 4.74 Å². The van der Waals surface area contributed by atoms with Crippen molar-refractivity contribution in [3.63, 3.8) is 0 Å². The van der Waals surface area contributed by atoms with E-state index in [-0.39, 0.29) is 17.0 Å². The average Bonchev–Trinajstić information content (AvgIpc) is 3.14. The van der Waals surface area contributed by atoms with Gasteiger partial charge in [0.2, 0.25) is 0 Å². The maximum absolute atomic E-state index is 12.5. The zero-order valence-electron chi connectivity index (χ0n) is 16.0. The van der Waals surface area contributed by atoms with Gasteiger partial charge in [0.1, 0.15) is 0 Å². The molecule has 0 aliphatic rings. The fourth-order valence-corrected chi connectivity index (χ4v) is 4.12. The van der Waals surface area contributed by atoms with Gasteiger partial charge in [-0.1, -0.05) is 41.7 Å². The first kappa shape index (κ1) is 19.9.